The van der Waals surface area contributed by atoms with Crippen molar-refractivity contribution < 1.29 is 9.13 Å². The van der Waals surface area contributed by atoms with Crippen LogP contribution in [0, 0.1) is 5.82 Å². The van der Waals surface area contributed by atoms with Crippen molar-refractivity contribution in [2.45, 2.75) is 11.3 Å². The molecule has 24 heavy (non-hydrogen) atoms. The van der Waals surface area contributed by atoms with Crippen molar-refractivity contribution in [3.8, 4) is 5.75 Å². The average molecular weight is 344 g/mol. The van der Waals surface area contributed by atoms with Crippen molar-refractivity contribution in [1.29, 1.82) is 0 Å². The Bertz CT molecular complexity index is 807. The van der Waals surface area contributed by atoms with Crippen LogP contribution in [0.5, 0.6) is 5.75 Å². The average Bonchev–Trinajstić information content (AvgIpc) is 2.60. The predicted molar refractivity (Wildman–Crippen MR) is 95.7 cm³/mol. The largest absolute Gasteiger partial charge is 0.494 e. The van der Waals surface area contributed by atoms with Crippen LogP contribution in [-0.2, 0) is 0 Å². The van der Waals surface area contributed by atoms with Gasteiger partial charge in [-0.25, -0.2) is 14.8 Å². The van der Waals surface area contributed by atoms with Crippen molar-refractivity contribution in [3.05, 3.63) is 53.8 Å². The van der Waals surface area contributed by atoms with Crippen molar-refractivity contribution >= 4 is 29.1 Å². The molecule has 0 atom stereocenters. The van der Waals surface area contributed by atoms with Gasteiger partial charge in [-0.15, -0.1) is 11.8 Å². The monoisotopic (exact) mass is 344 g/mol. The van der Waals surface area contributed by atoms with Crippen LogP contribution in [0.1, 0.15) is 12.0 Å². The molecule has 0 bridgehead atoms. The van der Waals surface area contributed by atoms with Crippen LogP contribution in [0.3, 0.4) is 0 Å². The number of rotatable bonds is 3. The summed E-state index contributed by atoms with van der Waals surface area (Å²) < 4.78 is 18.7. The molecule has 2 aromatic rings. The molecule has 0 fully saturated rings. The number of nitrogens with one attached hydrogen (secondary N) is 1. The molecule has 0 saturated heterocycles. The zero-order chi connectivity index (χ0) is 16.9. The number of aliphatic imine (C=N–C) groups is 1. The minimum atomic E-state index is -0.278. The van der Waals surface area contributed by atoms with Crippen molar-refractivity contribution in [3.63, 3.8) is 0 Å². The lowest BCUT2D eigenvalue weighted by atomic mass is 10.1. The van der Waals surface area contributed by atoms with Crippen molar-refractivity contribution in [1.82, 2.24) is 5.43 Å². The lowest BCUT2D eigenvalue weighted by Crippen LogP contribution is -2.28. The number of para-hydroxylation sites is 2. The van der Waals surface area contributed by atoms with Crippen LogP contribution in [0.4, 0.5) is 10.1 Å². The van der Waals surface area contributed by atoms with Crippen molar-refractivity contribution in [2.24, 2.45) is 15.8 Å². The molecule has 5 nitrogen and oxygen atoms in total. The van der Waals surface area contributed by atoms with E-state index in [1.807, 2.05) is 12.1 Å². The third kappa shape index (κ3) is 3.68. The number of hydrogen-bond donors (Lipinski definition) is 2. The van der Waals surface area contributed by atoms with Gasteiger partial charge in [-0.05, 0) is 30.3 Å². The zero-order valence-electron chi connectivity index (χ0n) is 13.1. The highest BCUT2D eigenvalue weighted by Crippen LogP contribution is 2.30. The fraction of sp³-hybridized carbons (Fsp3) is 0.176. The summed E-state index contributed by atoms with van der Waals surface area (Å²) in [5.74, 6) is 1.38. The van der Waals surface area contributed by atoms with E-state index < -0.39 is 0 Å². The maximum absolute atomic E-state index is 13.5. The van der Waals surface area contributed by atoms with Gasteiger partial charge >= 0.3 is 0 Å². The van der Waals surface area contributed by atoms with E-state index in [0.717, 1.165) is 28.3 Å². The maximum Gasteiger partial charge on any atom is 0.214 e. The van der Waals surface area contributed by atoms with E-state index >= 15 is 0 Å². The third-order valence-electron chi connectivity index (χ3n) is 3.48. The second-order valence-corrected chi connectivity index (χ2v) is 6.21. The smallest absolute Gasteiger partial charge is 0.214 e. The minimum Gasteiger partial charge on any atom is -0.494 e. The van der Waals surface area contributed by atoms with Gasteiger partial charge in [-0.3, -0.25) is 0 Å². The molecular formula is C17H17FN4OS. The fourth-order valence-electron chi connectivity index (χ4n) is 2.36. The van der Waals surface area contributed by atoms with Gasteiger partial charge in [0.1, 0.15) is 17.3 Å². The van der Waals surface area contributed by atoms with E-state index in [2.05, 4.69) is 15.5 Å². The first-order valence-corrected chi connectivity index (χ1v) is 8.38. The van der Waals surface area contributed by atoms with E-state index in [-0.39, 0.29) is 11.8 Å². The Morgan fingerprint density at radius 3 is 2.96 bits per heavy atom. The number of fused-ring (bicyclic) bond motifs is 1. The highest BCUT2D eigenvalue weighted by molar-refractivity contribution is 7.99. The lowest BCUT2D eigenvalue weighted by Gasteiger charge is -2.17. The van der Waals surface area contributed by atoms with Crippen LogP contribution in [0.2, 0.25) is 0 Å². The molecule has 0 aliphatic carbocycles. The number of hydrazone groups is 1. The van der Waals surface area contributed by atoms with Crippen LogP contribution >= 0.6 is 11.8 Å². The first-order valence-electron chi connectivity index (χ1n) is 7.40. The van der Waals surface area contributed by atoms with Crippen LogP contribution in [0.15, 0.2) is 57.5 Å². The molecule has 7 heteroatoms. The first-order chi connectivity index (χ1) is 11.7. The molecule has 0 aromatic heterocycles. The Labute approximate surface area is 143 Å². The Morgan fingerprint density at radius 2 is 2.12 bits per heavy atom. The molecule has 0 radical (unpaired) electrons. The zero-order valence-corrected chi connectivity index (χ0v) is 13.9. The minimum absolute atomic E-state index is 0.142. The highest BCUT2D eigenvalue weighted by Gasteiger charge is 2.17. The molecule has 1 aliphatic rings. The van der Waals surface area contributed by atoms with Gasteiger partial charge in [0, 0.05) is 22.6 Å². The van der Waals surface area contributed by atoms with Crippen LogP contribution in [-0.4, -0.2) is 24.5 Å². The number of nitrogens with two attached hydrogens (primary N) is 1. The van der Waals surface area contributed by atoms with E-state index in [1.54, 1.807) is 37.1 Å². The highest BCUT2D eigenvalue weighted by atomic mass is 32.2. The summed E-state index contributed by atoms with van der Waals surface area (Å²) in [4.78, 5) is 5.28. The SMILES string of the molecule is COc1ccccc1N=C(N)N/N=C1\CCSc2ccc(F)cc21. The van der Waals surface area contributed by atoms with Gasteiger partial charge in [0.15, 0.2) is 0 Å². The second-order valence-electron chi connectivity index (χ2n) is 5.08. The van der Waals surface area contributed by atoms with Gasteiger partial charge in [-0.2, -0.15) is 5.10 Å². The van der Waals surface area contributed by atoms with E-state index in [1.165, 1.54) is 12.1 Å². The molecule has 1 aliphatic heterocycles. The molecule has 2 aromatic carbocycles. The van der Waals surface area contributed by atoms with Gasteiger partial charge in [0.25, 0.3) is 0 Å². The standard InChI is InChI=1S/C17H17FN4OS/c1-23-15-5-3-2-4-14(15)20-17(19)22-21-13-8-9-24-16-7-6-11(18)10-12(13)16/h2-7,10H,8-9H2,1H3,(H3,19,20,22)/b21-13+. The first kappa shape index (κ1) is 16.3. The lowest BCUT2D eigenvalue weighted by molar-refractivity contribution is 0.416. The number of ether oxygens (including phenoxy) is 1. The summed E-state index contributed by atoms with van der Waals surface area (Å²) in [6.45, 7) is 0. The van der Waals surface area contributed by atoms with E-state index in [0.29, 0.717) is 11.4 Å². The number of benzene rings is 2. The summed E-state index contributed by atoms with van der Waals surface area (Å²) in [5, 5.41) is 4.31. The van der Waals surface area contributed by atoms with E-state index in [9.17, 15) is 4.39 Å². The summed E-state index contributed by atoms with van der Waals surface area (Å²) in [6.07, 6.45) is 0.732. The molecule has 0 amide bonds. The second kappa shape index (κ2) is 7.35. The number of guanidine groups is 1. The molecule has 0 saturated carbocycles. The molecule has 3 N–H and O–H groups in total. The maximum atomic E-state index is 13.5. The van der Waals surface area contributed by atoms with Gasteiger partial charge < -0.3 is 10.5 Å². The Morgan fingerprint density at radius 1 is 1.29 bits per heavy atom. The van der Waals surface area contributed by atoms with Gasteiger partial charge in [0.2, 0.25) is 5.96 Å². The van der Waals surface area contributed by atoms with Gasteiger partial charge in [0.05, 0.1) is 12.8 Å². The Balaban J connectivity index is 1.81. The summed E-state index contributed by atoms with van der Waals surface area (Å²) in [5.41, 5.74) is 10.8. The van der Waals surface area contributed by atoms with Crippen molar-refractivity contribution in [2.75, 3.05) is 12.9 Å². The number of halogens is 1. The molecule has 0 unspecified atom stereocenters. The summed E-state index contributed by atoms with van der Waals surface area (Å²) in [7, 11) is 1.57. The molecule has 3 rings (SSSR count). The predicted octanol–water partition coefficient (Wildman–Crippen LogP) is 3.27. The number of hydrogen-bond acceptors (Lipinski definition) is 4. The number of nitrogens with zero attached hydrogens (tertiary/aromatic N) is 2. The number of thioether (sulfide) groups is 1. The topological polar surface area (TPSA) is 72.0 Å². The quantitative estimate of drug-likeness (QED) is 0.509. The third-order valence-corrected chi connectivity index (χ3v) is 4.56. The molecular weight excluding hydrogens is 327 g/mol. The molecule has 1 heterocycles. The van der Waals surface area contributed by atoms with E-state index in [4.69, 9.17) is 10.5 Å². The molecule has 124 valence electrons. The summed E-state index contributed by atoms with van der Waals surface area (Å²) >= 11 is 1.69. The molecule has 0 spiro atoms. The number of methoxy groups -OCH3 is 1. The Hall–Kier alpha value is -2.54. The fourth-order valence-corrected chi connectivity index (χ4v) is 3.38. The summed E-state index contributed by atoms with van der Waals surface area (Å²) in [6, 6.07) is 12.0. The Kier molecular flexibility index (Phi) is 5.00. The van der Waals surface area contributed by atoms with Crippen LogP contribution in [0.25, 0.3) is 0 Å². The van der Waals surface area contributed by atoms with Gasteiger partial charge in [-0.1, -0.05) is 12.1 Å². The normalized spacial score (nSPS) is 15.9. The van der Waals surface area contributed by atoms with Crippen LogP contribution < -0.4 is 15.9 Å².